The van der Waals surface area contributed by atoms with Gasteiger partial charge in [0, 0.05) is 17.8 Å². The molecule has 0 spiro atoms. The van der Waals surface area contributed by atoms with Gasteiger partial charge in [0.2, 0.25) is 5.91 Å². The number of benzene rings is 1. The minimum absolute atomic E-state index is 0.0279. The van der Waals surface area contributed by atoms with Crippen molar-refractivity contribution in [3.63, 3.8) is 0 Å². The molecule has 2 heterocycles. The van der Waals surface area contributed by atoms with Gasteiger partial charge in [0.15, 0.2) is 0 Å². The average molecular weight is 462 g/mol. The average Bonchev–Trinajstić information content (AvgIpc) is 3.29. The van der Waals surface area contributed by atoms with E-state index in [4.69, 9.17) is 14.2 Å². The van der Waals surface area contributed by atoms with E-state index in [9.17, 15) is 14.7 Å². The van der Waals surface area contributed by atoms with Crippen molar-refractivity contribution in [1.29, 1.82) is 0 Å². The van der Waals surface area contributed by atoms with E-state index < -0.39 is 6.10 Å². The van der Waals surface area contributed by atoms with Gasteiger partial charge >= 0.3 is 6.03 Å². The summed E-state index contributed by atoms with van der Waals surface area (Å²) in [6.45, 7) is 0.543. The van der Waals surface area contributed by atoms with Crippen LogP contribution >= 0.6 is 0 Å². The normalized spacial score (nSPS) is 28.4. The summed E-state index contributed by atoms with van der Waals surface area (Å²) < 4.78 is 17.1. The van der Waals surface area contributed by atoms with E-state index in [2.05, 4.69) is 10.6 Å². The van der Waals surface area contributed by atoms with Gasteiger partial charge in [-0.05, 0) is 37.8 Å². The molecule has 4 rings (SSSR count). The number of urea groups is 1. The van der Waals surface area contributed by atoms with E-state index in [0.717, 1.165) is 12.8 Å². The Morgan fingerprint density at radius 1 is 1.18 bits per heavy atom. The van der Waals surface area contributed by atoms with Crippen LogP contribution in [0.3, 0.4) is 0 Å². The maximum absolute atomic E-state index is 13.2. The molecule has 2 saturated heterocycles. The van der Waals surface area contributed by atoms with Crippen molar-refractivity contribution in [3.8, 4) is 5.75 Å². The summed E-state index contributed by atoms with van der Waals surface area (Å²) in [6.07, 6.45) is 4.76. The summed E-state index contributed by atoms with van der Waals surface area (Å²) in [7, 11) is 1.57. The highest BCUT2D eigenvalue weighted by atomic mass is 16.5. The quantitative estimate of drug-likeness (QED) is 0.621. The predicted octanol–water partition coefficient (Wildman–Crippen LogP) is 2.29. The summed E-state index contributed by atoms with van der Waals surface area (Å²) in [4.78, 5) is 27.3. The Balaban J connectivity index is 1.39. The first-order valence-electron chi connectivity index (χ1n) is 11.9. The predicted molar refractivity (Wildman–Crippen MR) is 122 cm³/mol. The molecule has 9 heteroatoms. The molecule has 3 amide bonds. The number of carbonyl (C=O) groups excluding carboxylic acids is 2. The second kappa shape index (κ2) is 11.2. The minimum Gasteiger partial charge on any atom is -0.497 e. The first-order valence-corrected chi connectivity index (χ1v) is 11.9. The molecule has 3 aliphatic rings. The lowest BCUT2D eigenvalue weighted by Gasteiger charge is -2.44. The number of hydrogen-bond acceptors (Lipinski definition) is 6. The molecule has 3 fully saturated rings. The van der Waals surface area contributed by atoms with Gasteiger partial charge in [0.1, 0.15) is 11.9 Å². The number of anilines is 1. The van der Waals surface area contributed by atoms with Crippen LogP contribution in [0.1, 0.15) is 44.9 Å². The van der Waals surface area contributed by atoms with Crippen LogP contribution in [0.2, 0.25) is 0 Å². The van der Waals surface area contributed by atoms with Crippen molar-refractivity contribution in [1.82, 2.24) is 10.2 Å². The van der Waals surface area contributed by atoms with Crippen LogP contribution < -0.4 is 15.4 Å². The van der Waals surface area contributed by atoms with Gasteiger partial charge in [-0.1, -0.05) is 18.9 Å². The third-order valence-electron chi connectivity index (χ3n) is 6.70. The molecule has 1 aromatic rings. The Morgan fingerprint density at radius 2 is 2.00 bits per heavy atom. The van der Waals surface area contributed by atoms with Gasteiger partial charge in [0.25, 0.3) is 0 Å². The van der Waals surface area contributed by atoms with Crippen LogP contribution in [0.15, 0.2) is 24.3 Å². The zero-order chi connectivity index (χ0) is 23.2. The smallest absolute Gasteiger partial charge is 0.322 e. The van der Waals surface area contributed by atoms with Gasteiger partial charge < -0.3 is 34.9 Å². The van der Waals surface area contributed by atoms with Gasteiger partial charge in [0.05, 0.1) is 51.5 Å². The van der Waals surface area contributed by atoms with Crippen LogP contribution in [0, 0.1) is 0 Å². The monoisotopic (exact) mass is 461 g/mol. The number of carbonyl (C=O) groups is 2. The second-order valence-electron chi connectivity index (χ2n) is 9.20. The molecule has 2 aliphatic heterocycles. The molecular formula is C24H35N3O6. The first-order chi connectivity index (χ1) is 16.0. The van der Waals surface area contributed by atoms with Crippen LogP contribution in [0.25, 0.3) is 0 Å². The Labute approximate surface area is 194 Å². The first kappa shape index (κ1) is 23.8. The third-order valence-corrected chi connectivity index (χ3v) is 6.70. The Bertz CT molecular complexity index is 815. The molecule has 0 aromatic heterocycles. The lowest BCUT2D eigenvalue weighted by molar-refractivity contribution is -0.150. The number of fused-ring (bicyclic) bond motifs is 1. The van der Waals surface area contributed by atoms with E-state index in [1.165, 1.54) is 12.8 Å². The Morgan fingerprint density at radius 3 is 2.79 bits per heavy atom. The highest BCUT2D eigenvalue weighted by Crippen LogP contribution is 2.29. The number of ether oxygens (including phenoxy) is 3. The van der Waals surface area contributed by atoms with Crippen LogP contribution in [-0.2, 0) is 14.3 Å². The Kier molecular flexibility index (Phi) is 8.06. The van der Waals surface area contributed by atoms with Gasteiger partial charge in [-0.3, -0.25) is 4.79 Å². The van der Waals surface area contributed by atoms with E-state index in [1.54, 1.807) is 36.3 Å². The van der Waals surface area contributed by atoms with Crippen molar-refractivity contribution >= 4 is 17.6 Å². The maximum atomic E-state index is 13.2. The molecule has 0 bridgehead atoms. The third kappa shape index (κ3) is 6.37. The van der Waals surface area contributed by atoms with E-state index in [-0.39, 0.29) is 56.0 Å². The summed E-state index contributed by atoms with van der Waals surface area (Å²) in [5.41, 5.74) is 0.613. The van der Waals surface area contributed by atoms with E-state index in [0.29, 0.717) is 30.7 Å². The van der Waals surface area contributed by atoms with Crippen molar-refractivity contribution < 1.29 is 28.9 Å². The number of amides is 3. The SMILES string of the molecule is COc1cccc(NC(=O)N2C[C@H](O)COC[C@H]3O[C@@H](CC(=O)NC4CCCC4)CC[C@@H]32)c1. The number of nitrogens with zero attached hydrogens (tertiary/aromatic N) is 1. The number of nitrogens with one attached hydrogen (secondary N) is 2. The Hall–Kier alpha value is -2.36. The minimum atomic E-state index is -0.781. The van der Waals surface area contributed by atoms with E-state index >= 15 is 0 Å². The molecule has 0 radical (unpaired) electrons. The number of methoxy groups -OCH3 is 1. The molecule has 0 unspecified atom stereocenters. The zero-order valence-corrected chi connectivity index (χ0v) is 19.2. The fourth-order valence-corrected chi connectivity index (χ4v) is 5.03. The molecule has 4 atom stereocenters. The number of rotatable bonds is 5. The van der Waals surface area contributed by atoms with Crippen LogP contribution in [0.5, 0.6) is 5.75 Å². The summed E-state index contributed by atoms with van der Waals surface area (Å²) in [5.74, 6) is 0.673. The molecule has 3 N–H and O–H groups in total. The molecule has 182 valence electrons. The summed E-state index contributed by atoms with van der Waals surface area (Å²) in [5, 5.41) is 16.3. The fourth-order valence-electron chi connectivity index (χ4n) is 5.03. The molecule has 1 aromatic carbocycles. The zero-order valence-electron chi connectivity index (χ0n) is 19.2. The lowest BCUT2D eigenvalue weighted by Crippen LogP contribution is -2.58. The molecular weight excluding hydrogens is 426 g/mol. The van der Waals surface area contributed by atoms with Crippen molar-refractivity contribution in [2.45, 2.75) is 75.3 Å². The standard InChI is InChI=1S/C24H35N3O6/c1-31-19-8-4-7-17(11-19)26-24(30)27-13-18(28)14-32-15-22-21(27)10-9-20(33-22)12-23(29)25-16-5-2-3-6-16/h4,7-8,11,16,18,20-22,28H,2-3,5-6,9-10,12-15H2,1H3,(H,25,29)(H,26,30)/t18-,20+,21-,22+/m0/s1. The number of β-amino-alcohol motifs (C(OH)–C–C–N with tert-alkyl or cyclic N) is 1. The summed E-state index contributed by atoms with van der Waals surface area (Å²) >= 11 is 0. The number of aliphatic hydroxyl groups excluding tert-OH is 1. The second-order valence-corrected chi connectivity index (χ2v) is 9.20. The highest BCUT2D eigenvalue weighted by molar-refractivity contribution is 5.89. The molecule has 9 nitrogen and oxygen atoms in total. The highest BCUT2D eigenvalue weighted by Gasteiger charge is 2.40. The maximum Gasteiger partial charge on any atom is 0.322 e. The lowest BCUT2D eigenvalue weighted by atomic mass is 9.95. The van der Waals surface area contributed by atoms with Crippen LogP contribution in [0.4, 0.5) is 10.5 Å². The topological polar surface area (TPSA) is 109 Å². The number of aliphatic hydroxyl groups is 1. The number of hydrogen-bond donors (Lipinski definition) is 3. The molecule has 33 heavy (non-hydrogen) atoms. The van der Waals surface area contributed by atoms with Crippen molar-refractivity contribution in [2.75, 3.05) is 32.2 Å². The molecule has 1 aliphatic carbocycles. The van der Waals surface area contributed by atoms with E-state index in [1.807, 2.05) is 0 Å². The van der Waals surface area contributed by atoms with Crippen molar-refractivity contribution in [2.24, 2.45) is 0 Å². The van der Waals surface area contributed by atoms with Gasteiger partial charge in [-0.25, -0.2) is 4.79 Å². The summed E-state index contributed by atoms with van der Waals surface area (Å²) in [6, 6.07) is 6.88. The van der Waals surface area contributed by atoms with Crippen LogP contribution in [-0.4, -0.2) is 79.2 Å². The molecule has 1 saturated carbocycles. The van der Waals surface area contributed by atoms with Gasteiger partial charge in [-0.2, -0.15) is 0 Å². The fraction of sp³-hybridized carbons (Fsp3) is 0.667. The van der Waals surface area contributed by atoms with Crippen molar-refractivity contribution in [3.05, 3.63) is 24.3 Å². The largest absolute Gasteiger partial charge is 0.497 e. The van der Waals surface area contributed by atoms with Gasteiger partial charge in [-0.15, -0.1) is 0 Å².